The Hall–Kier alpha value is -3.40. The fourth-order valence-electron chi connectivity index (χ4n) is 2.80. The van der Waals surface area contributed by atoms with E-state index >= 15 is 0 Å². The molecule has 126 valence electrons. The van der Waals surface area contributed by atoms with Gasteiger partial charge in [-0.05, 0) is 30.2 Å². The van der Waals surface area contributed by atoms with Crippen molar-refractivity contribution < 1.29 is 9.72 Å². The Morgan fingerprint density at radius 3 is 2.60 bits per heavy atom. The van der Waals surface area contributed by atoms with Crippen molar-refractivity contribution in [2.24, 2.45) is 0 Å². The van der Waals surface area contributed by atoms with Gasteiger partial charge in [-0.2, -0.15) is 5.26 Å². The van der Waals surface area contributed by atoms with Crippen LogP contribution >= 0.6 is 0 Å². The normalized spacial score (nSPS) is 13.6. The van der Waals surface area contributed by atoms with Crippen LogP contribution in [-0.4, -0.2) is 17.4 Å². The molecular weight excluding hydrogens is 320 g/mol. The maximum absolute atomic E-state index is 11.8. The quantitative estimate of drug-likeness (QED) is 0.667. The third kappa shape index (κ3) is 3.58. The number of hydrogen-bond donors (Lipinski definition) is 1. The molecule has 0 bridgehead atoms. The maximum atomic E-state index is 11.8. The molecule has 0 saturated carbocycles. The second kappa shape index (κ2) is 7.01. The van der Waals surface area contributed by atoms with Gasteiger partial charge >= 0.3 is 0 Å². The monoisotopic (exact) mass is 336 g/mol. The number of hydrogen-bond acceptors (Lipinski definition) is 5. The van der Waals surface area contributed by atoms with Crippen molar-refractivity contribution in [2.45, 2.75) is 19.4 Å². The van der Waals surface area contributed by atoms with Gasteiger partial charge in [0.2, 0.25) is 5.91 Å². The molecule has 0 aliphatic carbocycles. The molecule has 1 fully saturated rings. The highest BCUT2D eigenvalue weighted by molar-refractivity contribution is 5.95. The molecule has 0 radical (unpaired) electrons. The van der Waals surface area contributed by atoms with Gasteiger partial charge in [0.05, 0.1) is 16.2 Å². The molecule has 25 heavy (non-hydrogen) atoms. The number of nitro groups is 1. The number of benzene rings is 2. The predicted octanol–water partition coefficient (Wildman–Crippen LogP) is 3.21. The smallest absolute Gasteiger partial charge is 0.270 e. The van der Waals surface area contributed by atoms with E-state index in [0.29, 0.717) is 18.7 Å². The molecule has 0 spiro atoms. The lowest BCUT2D eigenvalue weighted by atomic mass is 10.1. The van der Waals surface area contributed by atoms with Crippen LogP contribution in [-0.2, 0) is 11.3 Å². The zero-order chi connectivity index (χ0) is 17.8. The Labute approximate surface area is 144 Å². The van der Waals surface area contributed by atoms with Crippen molar-refractivity contribution in [2.75, 3.05) is 16.8 Å². The number of rotatable bonds is 5. The number of amides is 1. The van der Waals surface area contributed by atoms with Crippen LogP contribution in [0.1, 0.15) is 24.0 Å². The van der Waals surface area contributed by atoms with Crippen LogP contribution in [0, 0.1) is 21.4 Å². The van der Waals surface area contributed by atoms with E-state index in [9.17, 15) is 14.9 Å². The molecule has 7 nitrogen and oxygen atoms in total. The van der Waals surface area contributed by atoms with E-state index in [2.05, 4.69) is 5.32 Å². The summed E-state index contributed by atoms with van der Waals surface area (Å²) in [5, 5.41) is 23.0. The van der Waals surface area contributed by atoms with Gasteiger partial charge in [0.15, 0.2) is 0 Å². The van der Waals surface area contributed by atoms with E-state index in [0.717, 1.165) is 24.2 Å². The number of carbonyl (C=O) groups is 1. The Morgan fingerprint density at radius 1 is 1.24 bits per heavy atom. The third-order valence-electron chi connectivity index (χ3n) is 4.14. The average molecular weight is 336 g/mol. The van der Waals surface area contributed by atoms with Crippen molar-refractivity contribution in [3.63, 3.8) is 0 Å². The third-order valence-corrected chi connectivity index (χ3v) is 4.14. The molecule has 1 aliphatic heterocycles. The first-order valence-electron chi connectivity index (χ1n) is 7.90. The molecular formula is C18H16N4O3. The van der Waals surface area contributed by atoms with Gasteiger partial charge in [-0.25, -0.2) is 0 Å². The van der Waals surface area contributed by atoms with Gasteiger partial charge in [-0.1, -0.05) is 12.1 Å². The summed E-state index contributed by atoms with van der Waals surface area (Å²) >= 11 is 0. The van der Waals surface area contributed by atoms with Crippen LogP contribution in [0.25, 0.3) is 0 Å². The van der Waals surface area contributed by atoms with Crippen molar-refractivity contribution in [1.82, 2.24) is 0 Å². The van der Waals surface area contributed by atoms with E-state index in [1.54, 1.807) is 4.90 Å². The summed E-state index contributed by atoms with van der Waals surface area (Å²) in [6, 6.07) is 13.8. The molecule has 1 amide bonds. The van der Waals surface area contributed by atoms with Crippen molar-refractivity contribution in [3.05, 3.63) is 63.7 Å². The van der Waals surface area contributed by atoms with E-state index in [-0.39, 0.29) is 17.2 Å². The van der Waals surface area contributed by atoms with E-state index < -0.39 is 4.92 Å². The van der Waals surface area contributed by atoms with Crippen LogP contribution in [0.4, 0.5) is 17.1 Å². The van der Waals surface area contributed by atoms with Gasteiger partial charge < -0.3 is 10.2 Å². The Morgan fingerprint density at radius 2 is 2.00 bits per heavy atom. The highest BCUT2D eigenvalue weighted by atomic mass is 16.6. The summed E-state index contributed by atoms with van der Waals surface area (Å²) in [5.74, 6) is 0.149. The van der Waals surface area contributed by atoms with E-state index in [1.807, 2.05) is 30.3 Å². The van der Waals surface area contributed by atoms with Gasteiger partial charge in [0.25, 0.3) is 5.69 Å². The van der Waals surface area contributed by atoms with Crippen LogP contribution in [0.5, 0.6) is 0 Å². The summed E-state index contributed by atoms with van der Waals surface area (Å²) < 4.78 is 0. The Kier molecular flexibility index (Phi) is 4.61. The molecule has 1 N–H and O–H groups in total. The van der Waals surface area contributed by atoms with Gasteiger partial charge in [0, 0.05) is 37.3 Å². The second-order valence-electron chi connectivity index (χ2n) is 5.77. The predicted molar refractivity (Wildman–Crippen MR) is 93.2 cm³/mol. The lowest BCUT2D eigenvalue weighted by Gasteiger charge is -2.16. The highest BCUT2D eigenvalue weighted by Crippen LogP contribution is 2.24. The van der Waals surface area contributed by atoms with Crippen LogP contribution in [0.3, 0.4) is 0 Å². The minimum absolute atomic E-state index is 0.110. The standard InChI is InChI=1S/C18H16N4O3/c19-11-14-10-16(22(24)25)7-8-17(14)20-12-13-3-5-15(6-4-13)21-9-1-2-18(21)23/h3-8,10,20H,1-2,9,12H2. The zero-order valence-corrected chi connectivity index (χ0v) is 13.4. The molecule has 7 heteroatoms. The maximum Gasteiger partial charge on any atom is 0.270 e. The summed E-state index contributed by atoms with van der Waals surface area (Å²) in [6.45, 7) is 1.23. The number of non-ortho nitro benzene ring substituents is 1. The summed E-state index contributed by atoms with van der Waals surface area (Å²) in [4.78, 5) is 23.8. The fraction of sp³-hybridized carbons (Fsp3) is 0.222. The van der Waals surface area contributed by atoms with Gasteiger partial charge in [0.1, 0.15) is 6.07 Å². The summed E-state index contributed by atoms with van der Waals surface area (Å²) in [6.07, 6.45) is 1.49. The van der Waals surface area contributed by atoms with Gasteiger partial charge in [-0.3, -0.25) is 14.9 Å². The molecule has 3 rings (SSSR count). The topological polar surface area (TPSA) is 99.3 Å². The van der Waals surface area contributed by atoms with Crippen LogP contribution in [0.2, 0.25) is 0 Å². The first kappa shape index (κ1) is 16.5. The molecule has 0 aromatic heterocycles. The average Bonchev–Trinajstić information content (AvgIpc) is 3.06. The highest BCUT2D eigenvalue weighted by Gasteiger charge is 2.21. The lowest BCUT2D eigenvalue weighted by molar-refractivity contribution is -0.384. The molecule has 2 aromatic rings. The number of nitrogens with zero attached hydrogens (tertiary/aromatic N) is 3. The van der Waals surface area contributed by atoms with Crippen LogP contribution < -0.4 is 10.2 Å². The first-order chi connectivity index (χ1) is 12.1. The van der Waals surface area contributed by atoms with E-state index in [1.165, 1.54) is 18.2 Å². The van der Waals surface area contributed by atoms with Gasteiger partial charge in [-0.15, -0.1) is 0 Å². The first-order valence-corrected chi connectivity index (χ1v) is 7.90. The molecule has 1 saturated heterocycles. The molecule has 0 atom stereocenters. The lowest BCUT2D eigenvalue weighted by Crippen LogP contribution is -2.23. The van der Waals surface area contributed by atoms with Crippen molar-refractivity contribution in [1.29, 1.82) is 5.26 Å². The van der Waals surface area contributed by atoms with Crippen LogP contribution in [0.15, 0.2) is 42.5 Å². The van der Waals surface area contributed by atoms with Crippen molar-refractivity contribution >= 4 is 23.0 Å². The number of nitrogens with one attached hydrogen (secondary N) is 1. The molecule has 1 heterocycles. The molecule has 0 unspecified atom stereocenters. The summed E-state index contributed by atoms with van der Waals surface area (Å²) in [7, 11) is 0. The fourth-order valence-corrected chi connectivity index (χ4v) is 2.80. The van der Waals surface area contributed by atoms with Crippen molar-refractivity contribution in [3.8, 4) is 6.07 Å². The minimum atomic E-state index is -0.525. The minimum Gasteiger partial charge on any atom is -0.380 e. The molecule has 1 aliphatic rings. The second-order valence-corrected chi connectivity index (χ2v) is 5.77. The Balaban J connectivity index is 1.68. The number of carbonyl (C=O) groups excluding carboxylic acids is 1. The zero-order valence-electron chi connectivity index (χ0n) is 13.4. The number of nitro benzene ring substituents is 1. The Bertz CT molecular complexity index is 856. The molecule has 2 aromatic carbocycles. The number of anilines is 2. The SMILES string of the molecule is N#Cc1cc([N+](=O)[O-])ccc1NCc1ccc(N2CCCC2=O)cc1. The number of nitriles is 1. The largest absolute Gasteiger partial charge is 0.380 e. The van der Waals surface area contributed by atoms with E-state index in [4.69, 9.17) is 5.26 Å². The summed E-state index contributed by atoms with van der Waals surface area (Å²) in [5.41, 5.74) is 2.54.